The Morgan fingerprint density at radius 1 is 0.889 bits per heavy atom. The van der Waals surface area contributed by atoms with Crippen LogP contribution in [0.25, 0.3) is 33.5 Å². The Morgan fingerprint density at radius 2 is 1.52 bits per heavy atom. The van der Waals surface area contributed by atoms with Crippen molar-refractivity contribution in [3.63, 3.8) is 0 Å². The second-order valence-corrected chi connectivity index (χ2v) is 27.8. The van der Waals surface area contributed by atoms with E-state index < -0.39 is 29.0 Å². The highest BCUT2D eigenvalue weighted by Crippen LogP contribution is 2.48. The molecule has 2 N–H and O–H groups in total. The summed E-state index contributed by atoms with van der Waals surface area (Å²) in [5.74, 6) is 2.53. The van der Waals surface area contributed by atoms with Crippen LogP contribution in [0.2, 0.25) is 36.3 Å². The van der Waals surface area contributed by atoms with Crippen LogP contribution in [0.4, 0.5) is 5.82 Å². The number of nitrogens with zero attached hydrogens (tertiary/aromatic N) is 5. The number of nitrogens with two attached hydrogens (primary N) is 1. The molecule has 4 heterocycles. The zero-order valence-electron chi connectivity index (χ0n) is 33.4. The molecule has 4 atom stereocenters. The molecule has 0 spiro atoms. The summed E-state index contributed by atoms with van der Waals surface area (Å²) in [5.41, 5.74) is 12.6. The quantitative estimate of drug-likeness (QED) is 0.129. The normalized spacial score (nSPS) is 19.7. The van der Waals surface area contributed by atoms with Crippen molar-refractivity contribution in [1.82, 2.24) is 19.7 Å². The van der Waals surface area contributed by atoms with Gasteiger partial charge in [0.15, 0.2) is 28.6 Å². The zero-order chi connectivity index (χ0) is 39.2. The Morgan fingerprint density at radius 3 is 2.13 bits per heavy atom. The summed E-state index contributed by atoms with van der Waals surface area (Å²) >= 11 is 1.79. The number of fused-ring (bicyclic) bond motifs is 1. The first-order valence-corrected chi connectivity index (χ1v) is 25.5. The number of aromatic nitrogens is 4. The first kappa shape index (κ1) is 39.9. The number of aryl methyl sites for hydroxylation is 1. The summed E-state index contributed by atoms with van der Waals surface area (Å²) in [6.45, 7) is 24.7. The van der Waals surface area contributed by atoms with Crippen molar-refractivity contribution in [2.45, 2.75) is 115 Å². The molecule has 1 saturated heterocycles. The van der Waals surface area contributed by atoms with Crippen molar-refractivity contribution in [3.05, 3.63) is 83.9 Å². The second-order valence-electron chi connectivity index (χ2n) is 17.3. The number of hydrogen-bond donors (Lipinski definition) is 1. The number of hydrogen-bond acceptors (Lipinski definition) is 10. The van der Waals surface area contributed by atoms with E-state index in [9.17, 15) is 5.26 Å². The molecule has 5 aromatic rings. The molecule has 0 unspecified atom stereocenters. The third-order valence-electron chi connectivity index (χ3n) is 11.5. The Hall–Kier alpha value is -3.78. The van der Waals surface area contributed by atoms with Gasteiger partial charge in [0, 0.05) is 34.4 Å². The smallest absolute Gasteiger partial charge is 0.192 e. The van der Waals surface area contributed by atoms with Gasteiger partial charge in [0.25, 0.3) is 0 Å². The lowest BCUT2D eigenvalue weighted by Gasteiger charge is -2.44. The standard InChI is InChI=1S/C41H54N6O4SSi2/c1-26-31(34(49-46-26)29-15-13-12-14-16-29)23-52-24-32-35(50-53(8,9)40(2,3)4)36(51-54(10,11)41(5,6)7)39(48-32)47-22-30(28-19-17-27(21-42)18-20-28)33-37(43)44-25-45-38(33)47/h12-20,22,25,32,35-36,39H,23-24H2,1-11H3,(H2,43,44,45)/t32-,35-,36-,39-/m1/s1. The molecular weight excluding hydrogens is 729 g/mol. The van der Waals surface area contributed by atoms with Gasteiger partial charge in [0.2, 0.25) is 0 Å². The van der Waals surface area contributed by atoms with E-state index >= 15 is 0 Å². The van der Waals surface area contributed by atoms with E-state index in [1.165, 1.54) is 6.33 Å². The number of nitriles is 1. The second kappa shape index (κ2) is 15.0. The van der Waals surface area contributed by atoms with E-state index in [2.05, 4.69) is 107 Å². The van der Waals surface area contributed by atoms with Crippen LogP contribution in [-0.2, 0) is 19.3 Å². The highest BCUT2D eigenvalue weighted by molar-refractivity contribution is 7.98. The van der Waals surface area contributed by atoms with E-state index in [4.69, 9.17) is 28.8 Å². The summed E-state index contributed by atoms with van der Waals surface area (Å²) < 4.78 is 30.0. The summed E-state index contributed by atoms with van der Waals surface area (Å²) in [5, 5.41) is 14.4. The third-order valence-corrected chi connectivity index (χ3v) is 21.6. The van der Waals surface area contributed by atoms with Gasteiger partial charge in [0.1, 0.15) is 30.0 Å². The number of nitrogen functional groups attached to an aromatic ring is 1. The molecule has 1 aliphatic rings. The molecule has 0 aliphatic carbocycles. The number of thioether (sulfide) groups is 1. The minimum atomic E-state index is -2.38. The molecule has 6 rings (SSSR count). The Labute approximate surface area is 326 Å². The lowest BCUT2D eigenvalue weighted by atomic mass is 10.0. The molecule has 0 saturated carbocycles. The Kier molecular flexibility index (Phi) is 11.1. The van der Waals surface area contributed by atoms with Crippen LogP contribution in [0.15, 0.2) is 71.6 Å². The first-order valence-electron chi connectivity index (χ1n) is 18.5. The summed E-state index contributed by atoms with van der Waals surface area (Å²) in [4.78, 5) is 9.18. The van der Waals surface area contributed by atoms with Crippen molar-refractivity contribution in [1.29, 1.82) is 5.26 Å². The van der Waals surface area contributed by atoms with Gasteiger partial charge >= 0.3 is 0 Å². The van der Waals surface area contributed by atoms with Crippen molar-refractivity contribution < 1.29 is 18.1 Å². The lowest BCUT2D eigenvalue weighted by molar-refractivity contribution is -0.0243. The average molecular weight is 783 g/mol. The SMILES string of the molecule is Cc1noc(-c2ccccc2)c1CSC[C@H]1O[C@@H](n2cc(-c3ccc(C#N)cc3)c3c(N)ncnc32)[C@H](O[Si](C)(C)C(C)(C)C)[C@@H]1O[Si](C)(C)C(C)(C)C. The predicted molar refractivity (Wildman–Crippen MR) is 223 cm³/mol. The minimum Gasteiger partial charge on any atom is -0.408 e. The minimum absolute atomic E-state index is 0.0426. The van der Waals surface area contributed by atoms with Crippen LogP contribution in [0.5, 0.6) is 0 Å². The summed E-state index contributed by atoms with van der Waals surface area (Å²) in [6, 6.07) is 19.8. The maximum atomic E-state index is 9.48. The molecule has 13 heteroatoms. The van der Waals surface area contributed by atoms with Crippen LogP contribution in [0.3, 0.4) is 0 Å². The Bertz CT molecular complexity index is 2130. The molecular formula is C41H54N6O4SSi2. The van der Waals surface area contributed by atoms with Crippen molar-refractivity contribution in [2.75, 3.05) is 11.5 Å². The van der Waals surface area contributed by atoms with Crippen LogP contribution in [0.1, 0.15) is 64.6 Å². The van der Waals surface area contributed by atoms with E-state index in [0.717, 1.165) is 39.1 Å². The van der Waals surface area contributed by atoms with E-state index in [0.29, 0.717) is 28.5 Å². The summed E-state index contributed by atoms with van der Waals surface area (Å²) in [6.07, 6.45) is 1.88. The molecule has 286 valence electrons. The van der Waals surface area contributed by atoms with E-state index in [1.54, 1.807) is 11.8 Å². The number of ether oxygens (including phenoxy) is 1. The number of anilines is 1. The van der Waals surface area contributed by atoms with Gasteiger partial charge in [0.05, 0.1) is 28.8 Å². The van der Waals surface area contributed by atoms with E-state index in [-0.39, 0.29) is 22.3 Å². The van der Waals surface area contributed by atoms with Gasteiger partial charge in [-0.1, -0.05) is 89.2 Å². The van der Waals surface area contributed by atoms with Crippen molar-refractivity contribution >= 4 is 45.2 Å². The Balaban J connectivity index is 1.44. The average Bonchev–Trinajstić information content (AvgIpc) is 3.78. The van der Waals surface area contributed by atoms with Gasteiger partial charge in [-0.25, -0.2) is 9.97 Å². The lowest BCUT2D eigenvalue weighted by Crippen LogP contribution is -2.53. The maximum absolute atomic E-state index is 9.48. The molecule has 0 bridgehead atoms. The van der Waals surface area contributed by atoms with Crippen LogP contribution in [-0.4, -0.2) is 60.4 Å². The first-order chi connectivity index (χ1) is 25.3. The van der Waals surface area contributed by atoms with Crippen LogP contribution >= 0.6 is 11.8 Å². The fourth-order valence-corrected chi connectivity index (χ4v) is 10.0. The fraction of sp³-hybridized carbons (Fsp3) is 0.463. The topological polar surface area (TPSA) is 134 Å². The van der Waals surface area contributed by atoms with Crippen molar-refractivity contribution in [2.24, 2.45) is 0 Å². The summed E-state index contributed by atoms with van der Waals surface area (Å²) in [7, 11) is -4.72. The van der Waals surface area contributed by atoms with E-state index in [1.807, 2.05) is 49.4 Å². The number of benzene rings is 2. The molecule has 0 radical (unpaired) electrons. The monoisotopic (exact) mass is 782 g/mol. The molecule has 1 aliphatic heterocycles. The van der Waals surface area contributed by atoms with Gasteiger partial charge in [-0.3, -0.25) is 0 Å². The van der Waals surface area contributed by atoms with Gasteiger partial charge in [-0.15, -0.1) is 0 Å². The predicted octanol–water partition coefficient (Wildman–Crippen LogP) is 10.1. The number of rotatable bonds is 11. The molecule has 1 fully saturated rings. The highest BCUT2D eigenvalue weighted by Gasteiger charge is 2.54. The molecule has 54 heavy (non-hydrogen) atoms. The fourth-order valence-electron chi connectivity index (χ4n) is 6.27. The molecule has 0 amide bonds. The molecule has 2 aromatic carbocycles. The zero-order valence-corrected chi connectivity index (χ0v) is 36.2. The van der Waals surface area contributed by atoms with Gasteiger partial charge in [-0.05, 0) is 60.9 Å². The largest absolute Gasteiger partial charge is 0.408 e. The van der Waals surface area contributed by atoms with Crippen LogP contribution < -0.4 is 5.73 Å². The van der Waals surface area contributed by atoms with Crippen LogP contribution in [0, 0.1) is 18.3 Å². The molecule has 10 nitrogen and oxygen atoms in total. The van der Waals surface area contributed by atoms with Crippen molar-refractivity contribution in [3.8, 4) is 28.5 Å². The molecule has 3 aromatic heterocycles. The highest BCUT2D eigenvalue weighted by atomic mass is 32.2. The third kappa shape index (κ3) is 7.83. The van der Waals surface area contributed by atoms with Gasteiger partial charge < -0.3 is 28.4 Å². The maximum Gasteiger partial charge on any atom is 0.192 e. The van der Waals surface area contributed by atoms with Gasteiger partial charge in [-0.2, -0.15) is 17.0 Å².